The average Bonchev–Trinajstić information content (AvgIpc) is 3.13. The fourth-order valence-electron chi connectivity index (χ4n) is 6.21. The Labute approximate surface area is 229 Å². The molecule has 2 aliphatic heterocycles. The van der Waals surface area contributed by atoms with E-state index in [9.17, 15) is 50.5 Å². The van der Waals surface area contributed by atoms with Crippen molar-refractivity contribution in [1.29, 1.82) is 0 Å². The number of amides is 2. The van der Waals surface area contributed by atoms with Crippen molar-refractivity contribution in [3.63, 3.8) is 0 Å². The van der Waals surface area contributed by atoms with Gasteiger partial charge in [0.05, 0.1) is 34.8 Å². The molecule has 0 bridgehead atoms. The third-order valence-corrected chi connectivity index (χ3v) is 7.94. The van der Waals surface area contributed by atoms with Gasteiger partial charge in [-0.2, -0.15) is 26.3 Å². The largest absolute Gasteiger partial charge is 0.505 e. The van der Waals surface area contributed by atoms with Gasteiger partial charge in [-0.05, 0) is 66.5 Å². The Morgan fingerprint density at radius 1 is 0.976 bits per heavy atom. The van der Waals surface area contributed by atoms with Gasteiger partial charge in [-0.15, -0.1) is 0 Å². The van der Waals surface area contributed by atoms with Crippen LogP contribution in [0.5, 0.6) is 5.75 Å². The first-order chi connectivity index (χ1) is 19.1. The molecule has 0 unspecified atom stereocenters. The first-order valence-electron chi connectivity index (χ1n) is 12.8. The van der Waals surface area contributed by atoms with E-state index in [4.69, 9.17) is 4.65 Å². The summed E-state index contributed by atoms with van der Waals surface area (Å²) < 4.78 is 101. The number of carbonyl (C=O) groups is 2. The normalized spacial score (nSPS) is 25.1. The lowest BCUT2D eigenvalue weighted by molar-refractivity contribution is -0.143. The van der Waals surface area contributed by atoms with Crippen molar-refractivity contribution < 1.29 is 55.1 Å². The predicted octanol–water partition coefficient (Wildman–Crippen LogP) is 5.97. The maximum atomic E-state index is 14.1. The number of hydrogen-bond acceptors (Lipinski definition) is 5. The molecule has 2 heterocycles. The Morgan fingerprint density at radius 2 is 1.61 bits per heavy atom. The van der Waals surface area contributed by atoms with Gasteiger partial charge in [0.25, 0.3) is 0 Å². The zero-order valence-electron chi connectivity index (χ0n) is 21.4. The number of rotatable bonds is 4. The summed E-state index contributed by atoms with van der Waals surface area (Å²) in [6.07, 6.45) is -10.4. The van der Waals surface area contributed by atoms with E-state index in [-0.39, 0.29) is 24.5 Å². The summed E-state index contributed by atoms with van der Waals surface area (Å²) in [6, 6.07) is 4.01. The molecule has 14 heteroatoms. The highest BCUT2D eigenvalue weighted by molar-refractivity contribution is 6.53. The van der Waals surface area contributed by atoms with Crippen LogP contribution in [0.3, 0.4) is 0 Å². The monoisotopic (exact) mass is 585 g/mol. The zero-order valence-corrected chi connectivity index (χ0v) is 21.4. The van der Waals surface area contributed by atoms with Gasteiger partial charge in [0, 0.05) is 0 Å². The number of imide groups is 1. The van der Waals surface area contributed by atoms with Crippen molar-refractivity contribution in [1.82, 2.24) is 0 Å². The highest BCUT2D eigenvalue weighted by Gasteiger charge is 2.58. The van der Waals surface area contributed by atoms with Crippen LogP contribution in [0.4, 0.5) is 36.4 Å². The van der Waals surface area contributed by atoms with E-state index in [0.717, 1.165) is 12.1 Å². The van der Waals surface area contributed by atoms with Gasteiger partial charge >= 0.3 is 19.5 Å². The zero-order chi connectivity index (χ0) is 30.0. The number of nitrogens with zero attached hydrogens (tertiary/aromatic N) is 1. The molecule has 2 N–H and O–H groups in total. The van der Waals surface area contributed by atoms with E-state index in [2.05, 4.69) is 0 Å². The minimum atomic E-state index is -5.19. The van der Waals surface area contributed by atoms with Crippen LogP contribution in [-0.2, 0) is 26.6 Å². The van der Waals surface area contributed by atoms with E-state index >= 15 is 0 Å². The molecule has 2 amide bonds. The number of halogens is 7. The summed E-state index contributed by atoms with van der Waals surface area (Å²) in [5.41, 5.74) is -3.01. The molecule has 5 rings (SSSR count). The van der Waals surface area contributed by atoms with Crippen LogP contribution >= 0.6 is 0 Å². The van der Waals surface area contributed by atoms with Gasteiger partial charge in [-0.3, -0.25) is 9.59 Å². The minimum Gasteiger partial charge on any atom is -0.505 e. The molecule has 1 aliphatic carbocycles. The summed E-state index contributed by atoms with van der Waals surface area (Å²) in [5.74, 6) is -6.67. The quantitative estimate of drug-likeness (QED) is 0.262. The molecule has 2 fully saturated rings. The molecule has 41 heavy (non-hydrogen) atoms. The SMILES string of the molecule is CCCC1=C2B(O)O[C@H](c3ccc(O)c(F)c3)C[C@H]2[C@H]2C(=O)N(c3cc(C(F)(F)F)cc(C(F)(F)F)c3)C(=O)[C@H]2C1. The lowest BCUT2D eigenvalue weighted by Gasteiger charge is -2.42. The second-order valence-electron chi connectivity index (χ2n) is 10.5. The molecule has 2 aromatic rings. The fourth-order valence-corrected chi connectivity index (χ4v) is 6.21. The van der Waals surface area contributed by atoms with Gasteiger partial charge in [0.2, 0.25) is 11.8 Å². The molecule has 0 aromatic heterocycles. The van der Waals surface area contributed by atoms with Gasteiger partial charge in [0.1, 0.15) is 0 Å². The van der Waals surface area contributed by atoms with E-state index in [1.165, 1.54) is 6.07 Å². The average molecular weight is 585 g/mol. The summed E-state index contributed by atoms with van der Waals surface area (Å²) >= 11 is 0. The Hall–Kier alpha value is -3.39. The number of fused-ring (bicyclic) bond motifs is 3. The summed E-state index contributed by atoms with van der Waals surface area (Å²) in [6.45, 7) is 1.84. The lowest BCUT2D eigenvalue weighted by atomic mass is 9.54. The minimum absolute atomic E-state index is 0.0323. The topological polar surface area (TPSA) is 87.1 Å². The van der Waals surface area contributed by atoms with Crippen LogP contribution in [0.2, 0.25) is 0 Å². The molecule has 0 saturated carbocycles. The van der Waals surface area contributed by atoms with Crippen molar-refractivity contribution in [2.24, 2.45) is 17.8 Å². The molecule has 0 radical (unpaired) electrons. The summed E-state index contributed by atoms with van der Waals surface area (Å²) in [7, 11) is -1.56. The third-order valence-electron chi connectivity index (χ3n) is 7.94. The first kappa shape index (κ1) is 29.1. The van der Waals surface area contributed by atoms with Crippen LogP contribution < -0.4 is 4.90 Å². The molecular formula is C27H23BF7NO5. The van der Waals surface area contributed by atoms with Crippen LogP contribution in [0.25, 0.3) is 0 Å². The van der Waals surface area contributed by atoms with Crippen LogP contribution in [0.1, 0.15) is 55.4 Å². The van der Waals surface area contributed by atoms with Gasteiger partial charge in [0.15, 0.2) is 11.6 Å². The number of benzene rings is 2. The lowest BCUT2D eigenvalue weighted by Crippen LogP contribution is -2.45. The number of allylic oxidation sites excluding steroid dienone is 2. The number of alkyl halides is 6. The number of carbonyl (C=O) groups excluding carboxylic acids is 2. The maximum Gasteiger partial charge on any atom is 0.487 e. The molecular weight excluding hydrogens is 562 g/mol. The molecule has 0 spiro atoms. The van der Waals surface area contributed by atoms with E-state index in [0.29, 0.717) is 40.9 Å². The number of anilines is 1. The number of phenolic OH excluding ortho intramolecular Hbond substituents is 1. The van der Waals surface area contributed by atoms with Crippen LogP contribution in [0.15, 0.2) is 47.4 Å². The molecule has 2 saturated heterocycles. The standard InChI is InChI=1S/C27H23BF7NO5/c1-2-3-13-6-18-22(17-11-21(41-28(40)23(13)17)12-4-5-20(37)19(29)7-12)25(39)36(24(18)38)16-9-14(26(30,31)32)8-15(10-16)27(33,34)35/h4-5,7-10,17-18,21-22,37,40H,2-3,6,11H2,1H3/t17-,18-,21-,22+/m0/s1. The van der Waals surface area contributed by atoms with Crippen molar-refractivity contribution >= 4 is 24.6 Å². The molecule has 6 nitrogen and oxygen atoms in total. The van der Waals surface area contributed by atoms with Gasteiger partial charge < -0.3 is 14.8 Å². The highest BCUT2D eigenvalue weighted by atomic mass is 19.4. The third kappa shape index (κ3) is 5.11. The number of hydrogen-bond donors (Lipinski definition) is 2. The van der Waals surface area contributed by atoms with E-state index in [1.807, 2.05) is 6.92 Å². The molecule has 4 atom stereocenters. The predicted molar refractivity (Wildman–Crippen MR) is 130 cm³/mol. The number of phenols is 1. The Morgan fingerprint density at radius 3 is 2.17 bits per heavy atom. The first-order valence-corrected chi connectivity index (χ1v) is 12.8. The Bertz CT molecular complexity index is 1410. The van der Waals surface area contributed by atoms with Crippen molar-refractivity contribution in [3.8, 4) is 5.75 Å². The Balaban J connectivity index is 1.58. The van der Waals surface area contributed by atoms with Crippen molar-refractivity contribution in [2.45, 2.75) is 51.1 Å². The maximum absolute atomic E-state index is 14.1. The van der Waals surface area contributed by atoms with Gasteiger partial charge in [-0.25, -0.2) is 9.29 Å². The molecule has 3 aliphatic rings. The van der Waals surface area contributed by atoms with Crippen LogP contribution in [-0.4, -0.2) is 29.1 Å². The fraction of sp³-hybridized carbons (Fsp3) is 0.407. The summed E-state index contributed by atoms with van der Waals surface area (Å²) in [4.78, 5) is 27.7. The molecule has 2 aromatic carbocycles. The van der Waals surface area contributed by atoms with E-state index < -0.39 is 83.5 Å². The van der Waals surface area contributed by atoms with E-state index in [1.54, 1.807) is 0 Å². The second-order valence-corrected chi connectivity index (χ2v) is 10.5. The second kappa shape index (κ2) is 10.2. The smallest absolute Gasteiger partial charge is 0.487 e. The molecule has 218 valence electrons. The van der Waals surface area contributed by atoms with Crippen molar-refractivity contribution in [3.05, 3.63) is 70.0 Å². The number of aromatic hydroxyl groups is 1. The van der Waals surface area contributed by atoms with Crippen LogP contribution in [0, 0.1) is 23.6 Å². The van der Waals surface area contributed by atoms with Crippen molar-refractivity contribution in [2.75, 3.05) is 4.90 Å². The highest BCUT2D eigenvalue weighted by Crippen LogP contribution is 2.53. The Kier molecular flexibility index (Phi) is 7.21. The summed E-state index contributed by atoms with van der Waals surface area (Å²) in [5, 5.41) is 20.5. The van der Waals surface area contributed by atoms with Gasteiger partial charge in [-0.1, -0.05) is 25.0 Å².